The first-order valence-electron chi connectivity index (χ1n) is 9.00. The molecule has 1 aliphatic rings. The number of aryl methyl sites for hydroxylation is 1. The molecule has 0 aliphatic carbocycles. The molecule has 0 amide bonds. The van der Waals surface area contributed by atoms with Crippen LogP contribution in [0.3, 0.4) is 0 Å². The Morgan fingerprint density at radius 1 is 1.21 bits per heavy atom. The first-order chi connectivity index (χ1) is 13.6. The van der Waals surface area contributed by atoms with E-state index in [4.69, 9.17) is 18.9 Å². The molecule has 2 aromatic carbocycles. The molecular weight excluding hydrogens is 366 g/mol. The van der Waals surface area contributed by atoms with Gasteiger partial charge in [0.15, 0.2) is 12.9 Å². The molecule has 1 fully saturated rings. The van der Waals surface area contributed by atoms with Crippen LogP contribution in [0.2, 0.25) is 0 Å². The van der Waals surface area contributed by atoms with Gasteiger partial charge in [0.1, 0.15) is 5.75 Å². The molecule has 0 bridgehead atoms. The fourth-order valence-corrected chi connectivity index (χ4v) is 2.74. The van der Waals surface area contributed by atoms with Crippen molar-refractivity contribution in [2.45, 2.75) is 26.1 Å². The summed E-state index contributed by atoms with van der Waals surface area (Å²) in [6.45, 7) is 2.69. The van der Waals surface area contributed by atoms with Crippen molar-refractivity contribution in [2.24, 2.45) is 0 Å². The third-order valence-electron chi connectivity index (χ3n) is 4.17. The average molecular weight is 387 g/mol. The minimum absolute atomic E-state index is 0.152. The van der Waals surface area contributed by atoms with Gasteiger partial charge in [-0.2, -0.15) is 0 Å². The van der Waals surface area contributed by atoms with Crippen LogP contribution >= 0.6 is 0 Å². The molecule has 0 spiro atoms. The van der Waals surface area contributed by atoms with E-state index in [1.807, 2.05) is 25.1 Å². The second-order valence-corrected chi connectivity index (χ2v) is 6.18. The van der Waals surface area contributed by atoms with E-state index < -0.39 is 17.2 Å². The van der Waals surface area contributed by atoms with E-state index in [1.54, 1.807) is 12.1 Å². The SMILES string of the molecule is CCc1cccc(OCC(=O)Oc2ccc(C3OCCCO3)cc2[N+](=O)[O-])c1. The van der Waals surface area contributed by atoms with Gasteiger partial charge in [0, 0.05) is 11.6 Å². The molecule has 1 saturated heterocycles. The molecule has 1 aliphatic heterocycles. The van der Waals surface area contributed by atoms with Gasteiger partial charge in [-0.25, -0.2) is 4.79 Å². The van der Waals surface area contributed by atoms with Crippen LogP contribution in [-0.2, 0) is 20.7 Å². The highest BCUT2D eigenvalue weighted by molar-refractivity contribution is 5.75. The van der Waals surface area contributed by atoms with Gasteiger partial charge < -0.3 is 18.9 Å². The molecule has 28 heavy (non-hydrogen) atoms. The molecule has 2 aromatic rings. The number of carbonyl (C=O) groups excluding carboxylic acids is 1. The number of hydrogen-bond donors (Lipinski definition) is 0. The Kier molecular flexibility index (Phi) is 6.57. The Bertz CT molecular complexity index is 846. The quantitative estimate of drug-likeness (QED) is 0.310. The Balaban J connectivity index is 1.66. The molecule has 0 N–H and O–H groups in total. The van der Waals surface area contributed by atoms with Gasteiger partial charge in [0.2, 0.25) is 5.75 Å². The van der Waals surface area contributed by atoms with Crippen molar-refractivity contribution in [3.8, 4) is 11.5 Å². The lowest BCUT2D eigenvalue weighted by atomic mass is 10.1. The minimum atomic E-state index is -0.733. The second-order valence-electron chi connectivity index (χ2n) is 6.18. The largest absolute Gasteiger partial charge is 0.482 e. The molecule has 0 unspecified atom stereocenters. The van der Waals surface area contributed by atoms with Gasteiger partial charge in [0.25, 0.3) is 0 Å². The molecule has 3 rings (SSSR count). The number of nitro benzene ring substituents is 1. The summed E-state index contributed by atoms with van der Waals surface area (Å²) in [6.07, 6.45) is 0.954. The predicted molar refractivity (Wildman–Crippen MR) is 99.3 cm³/mol. The van der Waals surface area contributed by atoms with Crippen molar-refractivity contribution >= 4 is 11.7 Å². The zero-order chi connectivity index (χ0) is 19.9. The number of ether oxygens (including phenoxy) is 4. The predicted octanol–water partition coefficient (Wildman–Crippen LogP) is 3.58. The van der Waals surface area contributed by atoms with Crippen molar-refractivity contribution < 1.29 is 28.7 Å². The number of esters is 1. The van der Waals surface area contributed by atoms with Crippen molar-refractivity contribution in [1.29, 1.82) is 0 Å². The Morgan fingerprint density at radius 2 is 2.00 bits per heavy atom. The molecule has 0 saturated carbocycles. The van der Waals surface area contributed by atoms with E-state index in [1.165, 1.54) is 12.1 Å². The van der Waals surface area contributed by atoms with Crippen LogP contribution < -0.4 is 9.47 Å². The van der Waals surface area contributed by atoms with Crippen LogP contribution in [0.4, 0.5) is 5.69 Å². The topological polar surface area (TPSA) is 97.1 Å². The first-order valence-corrected chi connectivity index (χ1v) is 9.00. The number of rotatable bonds is 7. The molecule has 8 nitrogen and oxygen atoms in total. The van der Waals surface area contributed by atoms with Crippen molar-refractivity contribution in [3.63, 3.8) is 0 Å². The number of nitro groups is 1. The van der Waals surface area contributed by atoms with Gasteiger partial charge >= 0.3 is 11.7 Å². The van der Waals surface area contributed by atoms with Crippen LogP contribution in [0.1, 0.15) is 30.8 Å². The monoisotopic (exact) mass is 387 g/mol. The summed E-state index contributed by atoms with van der Waals surface area (Å²) >= 11 is 0. The van der Waals surface area contributed by atoms with Crippen LogP contribution in [0.15, 0.2) is 42.5 Å². The number of carbonyl (C=O) groups is 1. The lowest BCUT2D eigenvalue weighted by Gasteiger charge is -2.23. The lowest BCUT2D eigenvalue weighted by Crippen LogP contribution is -2.19. The summed E-state index contributed by atoms with van der Waals surface area (Å²) in [6, 6.07) is 11.6. The average Bonchev–Trinajstić information content (AvgIpc) is 2.73. The number of hydrogen-bond acceptors (Lipinski definition) is 7. The van der Waals surface area contributed by atoms with E-state index in [0.717, 1.165) is 18.4 Å². The Hall–Kier alpha value is -2.97. The minimum Gasteiger partial charge on any atom is -0.482 e. The smallest absolute Gasteiger partial charge is 0.349 e. The fourth-order valence-electron chi connectivity index (χ4n) is 2.74. The highest BCUT2D eigenvalue weighted by Crippen LogP contribution is 2.32. The zero-order valence-electron chi connectivity index (χ0n) is 15.5. The van der Waals surface area contributed by atoms with Crippen molar-refractivity contribution in [2.75, 3.05) is 19.8 Å². The van der Waals surface area contributed by atoms with Crippen molar-refractivity contribution in [3.05, 3.63) is 63.7 Å². The van der Waals surface area contributed by atoms with Gasteiger partial charge in [-0.05, 0) is 42.7 Å². The van der Waals surface area contributed by atoms with Gasteiger partial charge in [0.05, 0.1) is 18.1 Å². The molecule has 0 atom stereocenters. The van der Waals surface area contributed by atoms with Gasteiger partial charge in [-0.1, -0.05) is 19.1 Å². The third kappa shape index (κ3) is 5.05. The van der Waals surface area contributed by atoms with Crippen molar-refractivity contribution in [1.82, 2.24) is 0 Å². The van der Waals surface area contributed by atoms with E-state index in [9.17, 15) is 14.9 Å². The summed E-state index contributed by atoms with van der Waals surface area (Å²) in [5.41, 5.74) is 1.24. The maximum absolute atomic E-state index is 12.1. The summed E-state index contributed by atoms with van der Waals surface area (Å²) < 4.78 is 21.5. The maximum Gasteiger partial charge on any atom is 0.349 e. The van der Waals surface area contributed by atoms with Crippen LogP contribution in [0, 0.1) is 10.1 Å². The highest BCUT2D eigenvalue weighted by Gasteiger charge is 2.24. The Labute approximate surface area is 162 Å². The maximum atomic E-state index is 12.1. The zero-order valence-corrected chi connectivity index (χ0v) is 15.5. The molecule has 0 radical (unpaired) electrons. The third-order valence-corrected chi connectivity index (χ3v) is 4.17. The van der Waals surface area contributed by atoms with Crippen LogP contribution in [-0.4, -0.2) is 30.7 Å². The van der Waals surface area contributed by atoms with Crippen LogP contribution in [0.25, 0.3) is 0 Å². The molecule has 148 valence electrons. The molecular formula is C20H21NO7. The molecule has 0 aromatic heterocycles. The Morgan fingerprint density at radius 3 is 2.71 bits per heavy atom. The summed E-state index contributed by atoms with van der Waals surface area (Å²) in [7, 11) is 0. The first kappa shape index (κ1) is 19.8. The van der Waals surface area contributed by atoms with E-state index in [-0.39, 0.29) is 18.0 Å². The number of nitrogens with zero attached hydrogens (tertiary/aromatic N) is 1. The molecule has 1 heterocycles. The molecule has 8 heteroatoms. The summed E-state index contributed by atoms with van der Waals surface area (Å²) in [5, 5.41) is 11.4. The summed E-state index contributed by atoms with van der Waals surface area (Å²) in [5.74, 6) is -0.351. The number of benzene rings is 2. The lowest BCUT2D eigenvalue weighted by molar-refractivity contribution is -0.385. The van der Waals surface area contributed by atoms with E-state index in [0.29, 0.717) is 24.5 Å². The van der Waals surface area contributed by atoms with E-state index in [2.05, 4.69) is 0 Å². The second kappa shape index (κ2) is 9.29. The standard InChI is InChI=1S/C20H21NO7/c1-2-14-5-3-6-16(11-14)27-13-19(22)28-18-8-7-15(12-17(18)21(23)24)20-25-9-4-10-26-20/h3,5-8,11-12,20H,2,4,9-10,13H2,1H3. The van der Waals surface area contributed by atoms with E-state index >= 15 is 0 Å². The van der Waals surface area contributed by atoms with Gasteiger partial charge in [-0.15, -0.1) is 0 Å². The van der Waals surface area contributed by atoms with Gasteiger partial charge in [-0.3, -0.25) is 10.1 Å². The fraction of sp³-hybridized carbons (Fsp3) is 0.350. The van der Waals surface area contributed by atoms with Crippen LogP contribution in [0.5, 0.6) is 11.5 Å². The summed E-state index contributed by atoms with van der Waals surface area (Å²) in [4.78, 5) is 22.9. The normalized spacial score (nSPS) is 14.5. The highest BCUT2D eigenvalue weighted by atomic mass is 16.7.